The van der Waals surface area contributed by atoms with Gasteiger partial charge < -0.3 is 5.32 Å². The van der Waals surface area contributed by atoms with E-state index >= 15 is 0 Å². The Morgan fingerprint density at radius 2 is 1.90 bits per heavy atom. The molecular formula is C17H18ClF2N. The van der Waals surface area contributed by atoms with Gasteiger partial charge in [-0.25, -0.2) is 8.78 Å². The number of halogens is 3. The fraction of sp³-hybridized carbons (Fsp3) is 0.294. The van der Waals surface area contributed by atoms with Gasteiger partial charge in [-0.3, -0.25) is 0 Å². The Labute approximate surface area is 128 Å². The lowest BCUT2D eigenvalue weighted by Gasteiger charge is -2.21. The zero-order valence-corrected chi connectivity index (χ0v) is 12.8. The second kappa shape index (κ2) is 7.01. The molecule has 2 aromatic carbocycles. The van der Waals surface area contributed by atoms with Crippen molar-refractivity contribution in [3.05, 3.63) is 69.7 Å². The third-order valence-corrected chi connectivity index (χ3v) is 3.80. The predicted molar refractivity (Wildman–Crippen MR) is 82.7 cm³/mol. The fourth-order valence-corrected chi connectivity index (χ4v) is 2.41. The molecule has 0 saturated carbocycles. The highest BCUT2D eigenvalue weighted by molar-refractivity contribution is 6.31. The molecule has 0 aromatic heterocycles. The molecule has 0 aliphatic carbocycles. The lowest BCUT2D eigenvalue weighted by Crippen LogP contribution is -2.24. The van der Waals surface area contributed by atoms with Gasteiger partial charge in [0.1, 0.15) is 11.6 Å². The summed E-state index contributed by atoms with van der Waals surface area (Å²) in [4.78, 5) is 0. The molecule has 1 nitrogen and oxygen atoms in total. The van der Waals surface area contributed by atoms with Crippen LogP contribution in [0.3, 0.4) is 0 Å². The molecule has 21 heavy (non-hydrogen) atoms. The predicted octanol–water partition coefficient (Wildman–Crippen LogP) is 5.02. The number of hydrogen-bond acceptors (Lipinski definition) is 1. The molecule has 1 atom stereocenters. The van der Waals surface area contributed by atoms with E-state index in [0.717, 1.165) is 29.7 Å². The van der Waals surface area contributed by atoms with Crippen LogP contribution in [0.5, 0.6) is 0 Å². The highest BCUT2D eigenvalue weighted by Crippen LogP contribution is 2.28. The van der Waals surface area contributed by atoms with Gasteiger partial charge in [0.2, 0.25) is 0 Å². The molecule has 112 valence electrons. The first-order chi connectivity index (χ1) is 10.0. The van der Waals surface area contributed by atoms with E-state index in [9.17, 15) is 8.78 Å². The van der Waals surface area contributed by atoms with E-state index in [1.807, 2.05) is 26.0 Å². The highest BCUT2D eigenvalue weighted by atomic mass is 35.5. The molecule has 0 amide bonds. The quantitative estimate of drug-likeness (QED) is 0.818. The molecule has 4 heteroatoms. The Balaban J connectivity index is 2.46. The number of nitrogens with one attached hydrogen (secondary N) is 1. The Morgan fingerprint density at radius 1 is 1.14 bits per heavy atom. The lowest BCUT2D eigenvalue weighted by atomic mass is 9.97. The van der Waals surface area contributed by atoms with Crippen molar-refractivity contribution in [3.8, 4) is 0 Å². The van der Waals surface area contributed by atoms with Crippen molar-refractivity contribution in [1.82, 2.24) is 5.32 Å². The maximum absolute atomic E-state index is 14.1. The summed E-state index contributed by atoms with van der Waals surface area (Å²) in [5.41, 5.74) is 2.07. The maximum atomic E-state index is 14.1. The zero-order valence-electron chi connectivity index (χ0n) is 12.1. The van der Waals surface area contributed by atoms with Gasteiger partial charge in [0, 0.05) is 10.6 Å². The van der Waals surface area contributed by atoms with Gasteiger partial charge in [0.25, 0.3) is 0 Å². The van der Waals surface area contributed by atoms with Crippen LogP contribution in [-0.2, 0) is 0 Å². The second-order valence-corrected chi connectivity index (χ2v) is 5.47. The van der Waals surface area contributed by atoms with Crippen LogP contribution in [0.1, 0.15) is 36.1 Å². The van der Waals surface area contributed by atoms with Crippen LogP contribution in [0.15, 0.2) is 36.4 Å². The van der Waals surface area contributed by atoms with Crippen molar-refractivity contribution in [3.63, 3.8) is 0 Å². The Bertz CT molecular complexity index is 628. The summed E-state index contributed by atoms with van der Waals surface area (Å²) in [7, 11) is 0. The van der Waals surface area contributed by atoms with E-state index in [1.54, 1.807) is 6.07 Å². The number of benzene rings is 2. The molecular weight excluding hydrogens is 292 g/mol. The molecule has 2 rings (SSSR count). The van der Waals surface area contributed by atoms with Crippen molar-refractivity contribution in [1.29, 1.82) is 0 Å². The molecule has 0 spiro atoms. The first-order valence-electron chi connectivity index (χ1n) is 6.97. The van der Waals surface area contributed by atoms with E-state index in [0.29, 0.717) is 17.1 Å². The fourth-order valence-electron chi connectivity index (χ4n) is 2.22. The number of aryl methyl sites for hydroxylation is 1. The van der Waals surface area contributed by atoms with E-state index in [-0.39, 0.29) is 0 Å². The van der Waals surface area contributed by atoms with Crippen molar-refractivity contribution in [2.45, 2.75) is 26.3 Å². The van der Waals surface area contributed by atoms with Gasteiger partial charge in [0.05, 0.1) is 6.04 Å². The molecule has 0 bridgehead atoms. The largest absolute Gasteiger partial charge is 0.306 e. The first kappa shape index (κ1) is 15.9. The van der Waals surface area contributed by atoms with Crippen molar-refractivity contribution < 1.29 is 8.78 Å². The van der Waals surface area contributed by atoms with Gasteiger partial charge in [-0.2, -0.15) is 0 Å². The average molecular weight is 310 g/mol. The summed E-state index contributed by atoms with van der Waals surface area (Å²) in [5, 5.41) is 3.87. The van der Waals surface area contributed by atoms with Gasteiger partial charge in [0.15, 0.2) is 0 Å². The standard InChI is InChI=1S/C17H18ClF2N/c1-3-8-21-17(12-5-4-11(2)15(18)9-12)14-10-13(19)6-7-16(14)20/h4-7,9-10,17,21H,3,8H2,1-2H3. The van der Waals surface area contributed by atoms with Gasteiger partial charge in [-0.15, -0.1) is 0 Å². The van der Waals surface area contributed by atoms with E-state index < -0.39 is 17.7 Å². The van der Waals surface area contributed by atoms with Gasteiger partial charge in [-0.05, 0) is 55.3 Å². The average Bonchev–Trinajstić information content (AvgIpc) is 2.46. The van der Waals surface area contributed by atoms with Crippen LogP contribution in [-0.4, -0.2) is 6.54 Å². The molecule has 0 fully saturated rings. The Kier molecular flexibility index (Phi) is 5.32. The van der Waals surface area contributed by atoms with E-state index in [1.165, 1.54) is 6.07 Å². The van der Waals surface area contributed by atoms with Crippen LogP contribution in [0.4, 0.5) is 8.78 Å². The molecule has 0 aliphatic heterocycles. The van der Waals surface area contributed by atoms with Crippen LogP contribution < -0.4 is 5.32 Å². The third kappa shape index (κ3) is 3.80. The van der Waals surface area contributed by atoms with Crippen molar-refractivity contribution in [2.75, 3.05) is 6.54 Å². The normalized spacial score (nSPS) is 12.4. The zero-order chi connectivity index (χ0) is 15.4. The first-order valence-corrected chi connectivity index (χ1v) is 7.35. The minimum Gasteiger partial charge on any atom is -0.306 e. The summed E-state index contributed by atoms with van der Waals surface area (Å²) < 4.78 is 27.5. The van der Waals surface area contributed by atoms with Crippen LogP contribution in [0.25, 0.3) is 0 Å². The molecule has 0 radical (unpaired) electrons. The molecule has 0 aliphatic rings. The second-order valence-electron chi connectivity index (χ2n) is 5.06. The van der Waals surface area contributed by atoms with Crippen molar-refractivity contribution in [2.24, 2.45) is 0 Å². The van der Waals surface area contributed by atoms with Crippen LogP contribution >= 0.6 is 11.6 Å². The summed E-state index contributed by atoms with van der Waals surface area (Å²) in [5.74, 6) is -0.880. The third-order valence-electron chi connectivity index (χ3n) is 3.40. The minimum absolute atomic E-state index is 0.295. The van der Waals surface area contributed by atoms with Crippen LogP contribution in [0, 0.1) is 18.6 Å². The lowest BCUT2D eigenvalue weighted by molar-refractivity contribution is 0.535. The SMILES string of the molecule is CCCNC(c1ccc(C)c(Cl)c1)c1cc(F)ccc1F. The molecule has 0 saturated heterocycles. The van der Waals surface area contributed by atoms with Crippen molar-refractivity contribution >= 4 is 11.6 Å². The van der Waals surface area contributed by atoms with E-state index in [2.05, 4.69) is 5.32 Å². The van der Waals surface area contributed by atoms with Gasteiger partial charge in [-0.1, -0.05) is 30.7 Å². The Hall–Kier alpha value is -1.45. The summed E-state index contributed by atoms with van der Waals surface area (Å²) in [6.07, 6.45) is 0.896. The highest BCUT2D eigenvalue weighted by Gasteiger charge is 2.18. The van der Waals surface area contributed by atoms with E-state index in [4.69, 9.17) is 11.6 Å². The number of rotatable bonds is 5. The molecule has 1 unspecified atom stereocenters. The summed E-state index contributed by atoms with van der Waals surface area (Å²) in [6, 6.07) is 8.66. The minimum atomic E-state index is -0.451. The molecule has 1 N–H and O–H groups in total. The molecule has 0 heterocycles. The Morgan fingerprint density at radius 3 is 2.57 bits per heavy atom. The summed E-state index contributed by atoms with van der Waals surface area (Å²) in [6.45, 7) is 4.63. The van der Waals surface area contributed by atoms with Gasteiger partial charge >= 0.3 is 0 Å². The smallest absolute Gasteiger partial charge is 0.128 e. The monoisotopic (exact) mass is 309 g/mol. The molecule has 2 aromatic rings. The summed E-state index contributed by atoms with van der Waals surface area (Å²) >= 11 is 6.15. The van der Waals surface area contributed by atoms with Crippen LogP contribution in [0.2, 0.25) is 5.02 Å². The number of hydrogen-bond donors (Lipinski definition) is 1. The topological polar surface area (TPSA) is 12.0 Å². The maximum Gasteiger partial charge on any atom is 0.128 e.